The predicted octanol–water partition coefficient (Wildman–Crippen LogP) is 3.86. The molecule has 0 aliphatic carbocycles. The summed E-state index contributed by atoms with van der Waals surface area (Å²) in [4.78, 5) is 10.3. The molecule has 0 amide bonds. The normalized spacial score (nSPS) is 11.1. The highest BCUT2D eigenvalue weighted by molar-refractivity contribution is 7.15. The number of benzene rings is 1. The number of para-hydroxylation sites is 1. The van der Waals surface area contributed by atoms with Gasteiger partial charge in [0.1, 0.15) is 5.01 Å². The van der Waals surface area contributed by atoms with Gasteiger partial charge in [0.05, 0.1) is 5.52 Å². The van der Waals surface area contributed by atoms with Crippen molar-refractivity contribution in [3.8, 4) is 10.6 Å². The van der Waals surface area contributed by atoms with Gasteiger partial charge in [0.25, 0.3) is 0 Å². The molecule has 0 radical (unpaired) electrons. The Morgan fingerprint density at radius 3 is 2.95 bits per heavy atom. The van der Waals surface area contributed by atoms with Crippen LogP contribution in [0.4, 0.5) is 0 Å². The van der Waals surface area contributed by atoms with Crippen LogP contribution >= 0.6 is 11.3 Å². The van der Waals surface area contributed by atoms with Crippen LogP contribution in [0.5, 0.6) is 0 Å². The van der Waals surface area contributed by atoms with E-state index in [4.69, 9.17) is 0 Å². The van der Waals surface area contributed by atoms with Gasteiger partial charge in [-0.3, -0.25) is 4.98 Å². The SMILES string of the molecule is CCCNCc1cnc(-c2cccc3cccnc23)s1. The van der Waals surface area contributed by atoms with E-state index in [1.807, 2.05) is 18.5 Å². The first-order valence-electron chi connectivity index (χ1n) is 6.88. The number of pyridine rings is 1. The summed E-state index contributed by atoms with van der Waals surface area (Å²) in [5, 5.41) is 5.61. The lowest BCUT2D eigenvalue weighted by Gasteiger charge is -2.02. The minimum Gasteiger partial charge on any atom is -0.312 e. The molecule has 2 heterocycles. The zero-order chi connectivity index (χ0) is 13.8. The molecule has 0 fully saturated rings. The molecule has 0 spiro atoms. The van der Waals surface area contributed by atoms with Crippen molar-refractivity contribution in [3.05, 3.63) is 47.6 Å². The van der Waals surface area contributed by atoms with Crippen molar-refractivity contribution in [1.29, 1.82) is 0 Å². The first-order chi connectivity index (χ1) is 9.88. The highest BCUT2D eigenvalue weighted by Gasteiger charge is 2.08. The zero-order valence-corrected chi connectivity index (χ0v) is 12.3. The van der Waals surface area contributed by atoms with Crippen LogP contribution in [-0.4, -0.2) is 16.5 Å². The fraction of sp³-hybridized carbons (Fsp3) is 0.250. The number of rotatable bonds is 5. The molecule has 0 saturated carbocycles. The summed E-state index contributed by atoms with van der Waals surface area (Å²) in [6.45, 7) is 4.11. The van der Waals surface area contributed by atoms with Crippen molar-refractivity contribution in [2.24, 2.45) is 0 Å². The van der Waals surface area contributed by atoms with Gasteiger partial charge >= 0.3 is 0 Å². The maximum absolute atomic E-state index is 4.55. The smallest absolute Gasteiger partial charge is 0.125 e. The lowest BCUT2D eigenvalue weighted by Crippen LogP contribution is -2.12. The topological polar surface area (TPSA) is 37.8 Å². The molecule has 4 heteroatoms. The summed E-state index contributed by atoms with van der Waals surface area (Å²) in [7, 11) is 0. The van der Waals surface area contributed by atoms with Crippen molar-refractivity contribution >= 4 is 22.2 Å². The molecule has 2 aromatic heterocycles. The Morgan fingerprint density at radius 1 is 1.15 bits per heavy atom. The molecule has 3 nitrogen and oxygen atoms in total. The summed E-state index contributed by atoms with van der Waals surface area (Å²) in [6, 6.07) is 10.3. The molecule has 0 unspecified atom stereocenters. The number of thiazole rings is 1. The van der Waals surface area contributed by atoms with E-state index >= 15 is 0 Å². The van der Waals surface area contributed by atoms with Crippen LogP contribution < -0.4 is 5.32 Å². The van der Waals surface area contributed by atoms with E-state index in [9.17, 15) is 0 Å². The number of nitrogens with one attached hydrogen (secondary N) is 1. The van der Waals surface area contributed by atoms with Gasteiger partial charge in [-0.25, -0.2) is 4.98 Å². The monoisotopic (exact) mass is 283 g/mol. The summed E-state index contributed by atoms with van der Waals surface area (Å²) >= 11 is 1.74. The molecule has 1 aromatic carbocycles. The van der Waals surface area contributed by atoms with Crippen LogP contribution in [0, 0.1) is 0 Å². The van der Waals surface area contributed by atoms with E-state index in [0.29, 0.717) is 0 Å². The molecule has 0 saturated heterocycles. The summed E-state index contributed by atoms with van der Waals surface area (Å²) in [5.41, 5.74) is 2.15. The Balaban J connectivity index is 1.91. The van der Waals surface area contributed by atoms with Gasteiger partial charge in [-0.15, -0.1) is 11.3 Å². The quantitative estimate of drug-likeness (QED) is 0.723. The molecule has 0 atom stereocenters. The van der Waals surface area contributed by atoms with Gasteiger partial charge in [0.2, 0.25) is 0 Å². The second kappa shape index (κ2) is 6.11. The first-order valence-corrected chi connectivity index (χ1v) is 7.69. The zero-order valence-electron chi connectivity index (χ0n) is 11.5. The number of nitrogens with zero attached hydrogens (tertiary/aromatic N) is 2. The molecular weight excluding hydrogens is 266 g/mol. The van der Waals surface area contributed by atoms with Crippen molar-refractivity contribution in [1.82, 2.24) is 15.3 Å². The highest BCUT2D eigenvalue weighted by Crippen LogP contribution is 2.30. The van der Waals surface area contributed by atoms with Crippen LogP contribution in [-0.2, 0) is 6.54 Å². The van der Waals surface area contributed by atoms with Gasteiger partial charge in [0, 0.05) is 34.8 Å². The summed E-state index contributed by atoms with van der Waals surface area (Å²) in [6.07, 6.45) is 4.95. The summed E-state index contributed by atoms with van der Waals surface area (Å²) < 4.78 is 0. The minimum absolute atomic E-state index is 0.893. The van der Waals surface area contributed by atoms with Crippen molar-refractivity contribution in [2.45, 2.75) is 19.9 Å². The largest absolute Gasteiger partial charge is 0.312 e. The van der Waals surface area contributed by atoms with Crippen LogP contribution in [0.2, 0.25) is 0 Å². The lowest BCUT2D eigenvalue weighted by molar-refractivity contribution is 0.681. The highest BCUT2D eigenvalue weighted by atomic mass is 32.1. The summed E-state index contributed by atoms with van der Waals surface area (Å²) in [5.74, 6) is 0. The van der Waals surface area contributed by atoms with E-state index in [1.165, 1.54) is 4.88 Å². The van der Waals surface area contributed by atoms with Crippen molar-refractivity contribution in [3.63, 3.8) is 0 Å². The molecule has 0 aliphatic heterocycles. The van der Waals surface area contributed by atoms with E-state index in [1.54, 1.807) is 11.3 Å². The van der Waals surface area contributed by atoms with E-state index in [0.717, 1.165) is 41.0 Å². The van der Waals surface area contributed by atoms with Gasteiger partial charge < -0.3 is 5.32 Å². The van der Waals surface area contributed by atoms with Gasteiger partial charge in [-0.2, -0.15) is 0 Å². The molecule has 3 rings (SSSR count). The molecule has 102 valence electrons. The third kappa shape index (κ3) is 2.71. The molecule has 1 N–H and O–H groups in total. The molecule has 0 aliphatic rings. The number of hydrogen-bond donors (Lipinski definition) is 1. The second-order valence-electron chi connectivity index (χ2n) is 4.69. The van der Waals surface area contributed by atoms with Crippen LogP contribution in [0.3, 0.4) is 0 Å². The van der Waals surface area contributed by atoms with Gasteiger partial charge in [0.15, 0.2) is 0 Å². The standard InChI is InChI=1S/C16H17N3S/c1-2-8-17-10-13-11-19-16(20-13)14-7-3-5-12-6-4-9-18-15(12)14/h3-7,9,11,17H,2,8,10H2,1H3. The number of hydrogen-bond acceptors (Lipinski definition) is 4. The van der Waals surface area contributed by atoms with E-state index in [-0.39, 0.29) is 0 Å². The fourth-order valence-electron chi connectivity index (χ4n) is 2.18. The molecule has 20 heavy (non-hydrogen) atoms. The van der Waals surface area contributed by atoms with Gasteiger partial charge in [-0.05, 0) is 25.1 Å². The Hall–Kier alpha value is -1.78. The Labute approximate surface area is 122 Å². The van der Waals surface area contributed by atoms with E-state index < -0.39 is 0 Å². The van der Waals surface area contributed by atoms with Crippen LogP contribution in [0.15, 0.2) is 42.7 Å². The number of fused-ring (bicyclic) bond motifs is 1. The maximum Gasteiger partial charge on any atom is 0.125 e. The fourth-order valence-corrected chi connectivity index (χ4v) is 3.09. The molecular formula is C16H17N3S. The third-order valence-electron chi connectivity index (χ3n) is 3.14. The lowest BCUT2D eigenvalue weighted by atomic mass is 10.1. The molecule has 3 aromatic rings. The Morgan fingerprint density at radius 2 is 2.05 bits per heavy atom. The molecule has 0 bridgehead atoms. The van der Waals surface area contributed by atoms with E-state index in [2.05, 4.69) is 46.5 Å². The maximum atomic E-state index is 4.55. The average molecular weight is 283 g/mol. The number of aromatic nitrogens is 2. The Kier molecular flexibility index (Phi) is 4.04. The van der Waals surface area contributed by atoms with Crippen LogP contribution in [0.25, 0.3) is 21.5 Å². The second-order valence-corrected chi connectivity index (χ2v) is 5.80. The predicted molar refractivity (Wildman–Crippen MR) is 84.8 cm³/mol. The van der Waals surface area contributed by atoms with Crippen molar-refractivity contribution < 1.29 is 0 Å². The Bertz CT molecular complexity index is 700. The first kappa shape index (κ1) is 13.2. The minimum atomic E-state index is 0.893. The van der Waals surface area contributed by atoms with Crippen LogP contribution in [0.1, 0.15) is 18.2 Å². The average Bonchev–Trinajstić information content (AvgIpc) is 2.96. The third-order valence-corrected chi connectivity index (χ3v) is 4.17. The van der Waals surface area contributed by atoms with Gasteiger partial charge in [-0.1, -0.05) is 25.1 Å². The van der Waals surface area contributed by atoms with Crippen molar-refractivity contribution in [2.75, 3.05) is 6.54 Å².